The van der Waals surface area contributed by atoms with E-state index in [9.17, 15) is 4.79 Å². The molecule has 0 radical (unpaired) electrons. The summed E-state index contributed by atoms with van der Waals surface area (Å²) in [5, 5.41) is 0.665. The molecule has 0 fully saturated rings. The lowest BCUT2D eigenvalue weighted by molar-refractivity contribution is 0.0741. The van der Waals surface area contributed by atoms with Gasteiger partial charge in [-0.3, -0.25) is 4.79 Å². The van der Waals surface area contributed by atoms with Crippen LogP contribution in [0.25, 0.3) is 0 Å². The van der Waals surface area contributed by atoms with Gasteiger partial charge in [-0.15, -0.1) is 0 Å². The highest BCUT2D eigenvalue weighted by Gasteiger charge is 2.22. The van der Waals surface area contributed by atoms with Gasteiger partial charge < -0.3 is 4.90 Å². The third-order valence-electron chi connectivity index (χ3n) is 3.42. The Balaban J connectivity index is 2.31. The summed E-state index contributed by atoms with van der Waals surface area (Å²) in [5.41, 5.74) is 1.55. The SMILES string of the molecule is CC(c1ccccc1Cl)N(C)C(=O)c1cc(Br)ccc1Br. The van der Waals surface area contributed by atoms with E-state index in [0.29, 0.717) is 10.6 Å². The van der Waals surface area contributed by atoms with Gasteiger partial charge in [-0.1, -0.05) is 45.7 Å². The molecule has 21 heavy (non-hydrogen) atoms. The number of carbonyl (C=O) groups is 1. The van der Waals surface area contributed by atoms with Crippen molar-refractivity contribution in [1.82, 2.24) is 4.90 Å². The highest BCUT2D eigenvalue weighted by atomic mass is 79.9. The zero-order valence-corrected chi connectivity index (χ0v) is 15.5. The van der Waals surface area contributed by atoms with Gasteiger partial charge in [-0.05, 0) is 52.7 Å². The maximum Gasteiger partial charge on any atom is 0.255 e. The van der Waals surface area contributed by atoms with E-state index in [2.05, 4.69) is 31.9 Å². The maximum atomic E-state index is 12.7. The van der Waals surface area contributed by atoms with Crippen molar-refractivity contribution in [1.29, 1.82) is 0 Å². The Morgan fingerprint density at radius 1 is 1.19 bits per heavy atom. The van der Waals surface area contributed by atoms with Crippen LogP contribution in [0.2, 0.25) is 5.02 Å². The second-order valence-electron chi connectivity index (χ2n) is 4.74. The molecule has 0 aliphatic heterocycles. The molecule has 0 bridgehead atoms. The molecule has 2 aromatic rings. The summed E-state index contributed by atoms with van der Waals surface area (Å²) in [5.74, 6) is -0.0596. The molecule has 0 saturated carbocycles. The molecule has 0 heterocycles. The van der Waals surface area contributed by atoms with Crippen LogP contribution in [0.4, 0.5) is 0 Å². The molecule has 2 rings (SSSR count). The van der Waals surface area contributed by atoms with Crippen molar-refractivity contribution in [3.63, 3.8) is 0 Å². The van der Waals surface area contributed by atoms with E-state index in [4.69, 9.17) is 11.6 Å². The van der Waals surface area contributed by atoms with Crippen molar-refractivity contribution in [3.8, 4) is 0 Å². The van der Waals surface area contributed by atoms with Crippen molar-refractivity contribution in [3.05, 3.63) is 67.6 Å². The number of carbonyl (C=O) groups excluding carboxylic acids is 1. The molecule has 0 aromatic heterocycles. The minimum Gasteiger partial charge on any atom is -0.335 e. The Morgan fingerprint density at radius 2 is 1.86 bits per heavy atom. The standard InChI is InChI=1S/C16H14Br2ClNO/c1-10(12-5-3-4-6-15(12)19)20(2)16(21)13-9-11(17)7-8-14(13)18/h3-10H,1-2H3. The van der Waals surface area contributed by atoms with Crippen LogP contribution < -0.4 is 0 Å². The average Bonchev–Trinajstić information content (AvgIpc) is 2.48. The first-order valence-electron chi connectivity index (χ1n) is 6.38. The van der Waals surface area contributed by atoms with Crippen molar-refractivity contribution in [2.24, 2.45) is 0 Å². The molecule has 0 N–H and O–H groups in total. The fourth-order valence-corrected chi connectivity index (χ4v) is 3.12. The summed E-state index contributed by atoms with van der Waals surface area (Å²) in [7, 11) is 1.78. The summed E-state index contributed by atoms with van der Waals surface area (Å²) >= 11 is 13.0. The quantitative estimate of drug-likeness (QED) is 0.611. The average molecular weight is 432 g/mol. The number of halogens is 3. The smallest absolute Gasteiger partial charge is 0.255 e. The van der Waals surface area contributed by atoms with E-state index in [1.165, 1.54) is 0 Å². The largest absolute Gasteiger partial charge is 0.335 e. The Kier molecular flexibility index (Phi) is 5.47. The highest BCUT2D eigenvalue weighted by molar-refractivity contribution is 9.11. The van der Waals surface area contributed by atoms with E-state index in [-0.39, 0.29) is 11.9 Å². The van der Waals surface area contributed by atoms with Crippen molar-refractivity contribution >= 4 is 49.4 Å². The van der Waals surface area contributed by atoms with E-state index in [1.54, 1.807) is 11.9 Å². The molecule has 1 unspecified atom stereocenters. The summed E-state index contributed by atoms with van der Waals surface area (Å²) in [6, 6.07) is 13.0. The zero-order valence-electron chi connectivity index (χ0n) is 11.6. The van der Waals surface area contributed by atoms with E-state index in [1.807, 2.05) is 49.4 Å². The van der Waals surface area contributed by atoms with Crippen LogP contribution in [0.5, 0.6) is 0 Å². The first-order chi connectivity index (χ1) is 9.91. The number of rotatable bonds is 3. The maximum absolute atomic E-state index is 12.7. The molecule has 0 aliphatic rings. The first kappa shape index (κ1) is 16.5. The van der Waals surface area contributed by atoms with Crippen molar-refractivity contribution < 1.29 is 4.79 Å². The molecule has 0 spiro atoms. The molecular formula is C16H14Br2ClNO. The third-order valence-corrected chi connectivity index (χ3v) is 4.94. The van der Waals surface area contributed by atoms with Crippen LogP contribution in [-0.2, 0) is 0 Å². The van der Waals surface area contributed by atoms with Gasteiger partial charge in [-0.25, -0.2) is 0 Å². The summed E-state index contributed by atoms with van der Waals surface area (Å²) in [6.45, 7) is 1.96. The Bertz CT molecular complexity index is 675. The predicted octanol–water partition coefficient (Wildman–Crippen LogP) is 5.70. The fourth-order valence-electron chi connectivity index (χ4n) is 2.05. The molecular weight excluding hydrogens is 417 g/mol. The number of amides is 1. The number of hydrogen-bond donors (Lipinski definition) is 0. The minimum atomic E-state index is -0.114. The van der Waals surface area contributed by atoms with Crippen LogP contribution in [0, 0.1) is 0 Å². The number of benzene rings is 2. The van der Waals surface area contributed by atoms with Crippen LogP contribution in [0.15, 0.2) is 51.4 Å². The Hall–Kier alpha value is -0.840. The molecule has 0 saturated heterocycles. The molecule has 1 atom stereocenters. The van der Waals surface area contributed by atoms with Gasteiger partial charge in [0.1, 0.15) is 0 Å². The van der Waals surface area contributed by atoms with Gasteiger partial charge in [-0.2, -0.15) is 0 Å². The second-order valence-corrected chi connectivity index (χ2v) is 6.91. The molecule has 110 valence electrons. The lowest BCUT2D eigenvalue weighted by Crippen LogP contribution is -2.30. The summed E-state index contributed by atoms with van der Waals surface area (Å²) < 4.78 is 1.64. The summed E-state index contributed by atoms with van der Waals surface area (Å²) in [4.78, 5) is 14.4. The number of nitrogens with zero attached hydrogens (tertiary/aromatic N) is 1. The van der Waals surface area contributed by atoms with Crippen LogP contribution in [0.3, 0.4) is 0 Å². The normalized spacial score (nSPS) is 12.0. The van der Waals surface area contributed by atoms with E-state index < -0.39 is 0 Å². The Labute approximate surface area is 146 Å². The minimum absolute atomic E-state index is 0.0596. The molecule has 0 aliphatic carbocycles. The van der Waals surface area contributed by atoms with E-state index in [0.717, 1.165) is 14.5 Å². The predicted molar refractivity (Wildman–Crippen MR) is 93.8 cm³/mol. The summed E-state index contributed by atoms with van der Waals surface area (Å²) in [6.07, 6.45) is 0. The van der Waals surface area contributed by atoms with Crippen molar-refractivity contribution in [2.45, 2.75) is 13.0 Å². The molecule has 2 nitrogen and oxygen atoms in total. The lowest BCUT2D eigenvalue weighted by atomic mass is 10.1. The van der Waals surface area contributed by atoms with Crippen molar-refractivity contribution in [2.75, 3.05) is 7.05 Å². The topological polar surface area (TPSA) is 20.3 Å². The molecule has 5 heteroatoms. The highest BCUT2D eigenvalue weighted by Crippen LogP contribution is 2.29. The van der Waals surface area contributed by atoms with Crippen LogP contribution in [0.1, 0.15) is 28.9 Å². The zero-order chi connectivity index (χ0) is 15.6. The van der Waals surface area contributed by atoms with Gasteiger partial charge in [0.2, 0.25) is 0 Å². The van der Waals surface area contributed by atoms with Crippen LogP contribution >= 0.6 is 43.5 Å². The Morgan fingerprint density at radius 3 is 2.52 bits per heavy atom. The van der Waals surface area contributed by atoms with Crippen LogP contribution in [-0.4, -0.2) is 17.9 Å². The van der Waals surface area contributed by atoms with Gasteiger partial charge in [0.15, 0.2) is 0 Å². The molecule has 2 aromatic carbocycles. The van der Waals surface area contributed by atoms with Gasteiger partial charge in [0.05, 0.1) is 11.6 Å². The first-order valence-corrected chi connectivity index (χ1v) is 8.35. The van der Waals surface area contributed by atoms with Gasteiger partial charge >= 0.3 is 0 Å². The molecule has 1 amide bonds. The number of hydrogen-bond acceptors (Lipinski definition) is 1. The second kappa shape index (κ2) is 6.95. The van der Waals surface area contributed by atoms with Gasteiger partial charge in [0, 0.05) is 21.0 Å². The monoisotopic (exact) mass is 429 g/mol. The fraction of sp³-hybridized carbons (Fsp3) is 0.188. The lowest BCUT2D eigenvalue weighted by Gasteiger charge is -2.26. The van der Waals surface area contributed by atoms with Gasteiger partial charge in [0.25, 0.3) is 5.91 Å². The van der Waals surface area contributed by atoms with E-state index >= 15 is 0 Å². The third kappa shape index (κ3) is 3.68.